The van der Waals surface area contributed by atoms with Crippen molar-refractivity contribution in [2.45, 2.75) is 0 Å². The van der Waals surface area contributed by atoms with Crippen LogP contribution in [0.1, 0.15) is 5.56 Å². The third-order valence-corrected chi connectivity index (χ3v) is 7.88. The molecule has 0 bridgehead atoms. The standard InChI is InChI=1S/C25H20NO2P/c27-24-17-9-8-16-23(24)26-19-20-11-7-10-18-25(20)29(28,21-12-3-1-4-13-21)22-14-5-2-6-15-22/h1-19,27H. The Kier molecular flexibility index (Phi) is 5.41. The second kappa shape index (κ2) is 8.30. The Balaban J connectivity index is 1.90. The fraction of sp³-hybridized carbons (Fsp3) is 0. The minimum absolute atomic E-state index is 0.107. The molecular formula is C25H20NO2P. The maximum Gasteiger partial charge on any atom is 0.171 e. The summed E-state index contributed by atoms with van der Waals surface area (Å²) in [6, 6.07) is 33.6. The molecule has 29 heavy (non-hydrogen) atoms. The number of rotatable bonds is 5. The SMILES string of the molecule is O=P(c1ccccc1)(c1ccccc1)c1ccccc1C=Nc1ccccc1O. The predicted molar refractivity (Wildman–Crippen MR) is 121 cm³/mol. The highest BCUT2D eigenvalue weighted by Gasteiger charge is 2.31. The Hall–Kier alpha value is -3.42. The van der Waals surface area contributed by atoms with E-state index < -0.39 is 7.14 Å². The normalized spacial score (nSPS) is 11.6. The minimum Gasteiger partial charge on any atom is -0.506 e. The molecule has 4 aromatic carbocycles. The van der Waals surface area contributed by atoms with E-state index in [0.717, 1.165) is 21.5 Å². The number of hydrogen-bond donors (Lipinski definition) is 1. The van der Waals surface area contributed by atoms with Gasteiger partial charge in [-0.1, -0.05) is 97.1 Å². The Morgan fingerprint density at radius 1 is 0.655 bits per heavy atom. The van der Waals surface area contributed by atoms with Crippen LogP contribution in [-0.2, 0) is 4.57 Å². The van der Waals surface area contributed by atoms with Gasteiger partial charge in [0.25, 0.3) is 0 Å². The number of aliphatic imine (C=N–C) groups is 1. The monoisotopic (exact) mass is 397 g/mol. The van der Waals surface area contributed by atoms with Gasteiger partial charge >= 0.3 is 0 Å². The quantitative estimate of drug-likeness (QED) is 0.389. The summed E-state index contributed by atoms with van der Waals surface area (Å²) < 4.78 is 14.6. The molecule has 0 amide bonds. The van der Waals surface area contributed by atoms with Crippen LogP contribution in [0.4, 0.5) is 5.69 Å². The van der Waals surface area contributed by atoms with Crippen LogP contribution >= 0.6 is 7.14 Å². The Morgan fingerprint density at radius 3 is 1.79 bits per heavy atom. The van der Waals surface area contributed by atoms with Crippen molar-refractivity contribution in [3.63, 3.8) is 0 Å². The molecule has 0 saturated carbocycles. The molecule has 0 atom stereocenters. The van der Waals surface area contributed by atoms with Crippen molar-refractivity contribution in [1.82, 2.24) is 0 Å². The molecule has 0 aliphatic carbocycles. The minimum atomic E-state index is -3.10. The lowest BCUT2D eigenvalue weighted by molar-refractivity contribution is 0.477. The lowest BCUT2D eigenvalue weighted by Gasteiger charge is -2.21. The highest BCUT2D eigenvalue weighted by Crippen LogP contribution is 2.43. The van der Waals surface area contributed by atoms with Crippen molar-refractivity contribution in [3.8, 4) is 5.75 Å². The fourth-order valence-corrected chi connectivity index (χ4v) is 6.13. The van der Waals surface area contributed by atoms with E-state index in [9.17, 15) is 9.67 Å². The van der Waals surface area contributed by atoms with Crippen LogP contribution in [0.25, 0.3) is 0 Å². The van der Waals surface area contributed by atoms with Crippen LogP contribution in [0.5, 0.6) is 5.75 Å². The summed E-state index contributed by atoms with van der Waals surface area (Å²) in [5.41, 5.74) is 1.23. The first-order chi connectivity index (χ1) is 14.2. The van der Waals surface area contributed by atoms with Gasteiger partial charge in [0, 0.05) is 27.7 Å². The highest BCUT2D eigenvalue weighted by atomic mass is 31.2. The third-order valence-electron chi connectivity index (χ3n) is 4.74. The van der Waals surface area contributed by atoms with Gasteiger partial charge in [0.05, 0.1) is 0 Å². The molecule has 142 valence electrons. The zero-order valence-corrected chi connectivity index (χ0v) is 16.6. The largest absolute Gasteiger partial charge is 0.506 e. The average molecular weight is 397 g/mol. The van der Waals surface area contributed by atoms with E-state index in [1.807, 2.05) is 91.0 Å². The molecule has 0 aliphatic heterocycles. The van der Waals surface area contributed by atoms with E-state index in [2.05, 4.69) is 4.99 Å². The molecule has 0 heterocycles. The van der Waals surface area contributed by atoms with Crippen LogP contribution in [-0.4, -0.2) is 11.3 Å². The molecule has 4 aromatic rings. The average Bonchev–Trinajstić information content (AvgIpc) is 2.79. The van der Waals surface area contributed by atoms with Gasteiger partial charge in [0.1, 0.15) is 11.4 Å². The maximum atomic E-state index is 14.6. The fourth-order valence-electron chi connectivity index (χ4n) is 3.30. The zero-order valence-electron chi connectivity index (χ0n) is 15.7. The first-order valence-corrected chi connectivity index (χ1v) is 11.0. The molecule has 1 N–H and O–H groups in total. The van der Waals surface area contributed by atoms with Gasteiger partial charge in [-0.2, -0.15) is 0 Å². The Labute approximate surface area is 170 Å². The van der Waals surface area contributed by atoms with Crippen molar-refractivity contribution in [3.05, 3.63) is 115 Å². The van der Waals surface area contributed by atoms with Crippen molar-refractivity contribution >= 4 is 35.0 Å². The molecule has 0 aromatic heterocycles. The van der Waals surface area contributed by atoms with Crippen molar-refractivity contribution in [2.24, 2.45) is 4.99 Å². The summed E-state index contributed by atoms with van der Waals surface area (Å²) in [4.78, 5) is 4.44. The van der Waals surface area contributed by atoms with E-state index in [-0.39, 0.29) is 5.75 Å². The van der Waals surface area contributed by atoms with Crippen molar-refractivity contribution in [1.29, 1.82) is 0 Å². The number of nitrogens with zero attached hydrogens (tertiary/aromatic N) is 1. The molecule has 3 nitrogen and oxygen atoms in total. The summed E-state index contributed by atoms with van der Waals surface area (Å²) in [6.07, 6.45) is 1.67. The highest BCUT2D eigenvalue weighted by molar-refractivity contribution is 7.85. The van der Waals surface area contributed by atoms with Crippen molar-refractivity contribution < 1.29 is 9.67 Å². The summed E-state index contributed by atoms with van der Waals surface area (Å²) in [6.45, 7) is 0. The maximum absolute atomic E-state index is 14.6. The molecule has 4 rings (SSSR count). The summed E-state index contributed by atoms with van der Waals surface area (Å²) in [5.74, 6) is 0.107. The van der Waals surface area contributed by atoms with Gasteiger partial charge in [-0.15, -0.1) is 0 Å². The lowest BCUT2D eigenvalue weighted by atomic mass is 10.2. The Bertz CT molecular complexity index is 1140. The van der Waals surface area contributed by atoms with Crippen LogP contribution in [0.2, 0.25) is 0 Å². The number of hydrogen-bond acceptors (Lipinski definition) is 3. The van der Waals surface area contributed by atoms with Gasteiger partial charge in [-0.25, -0.2) is 0 Å². The number of phenolic OH excluding ortho intramolecular Hbond substituents is 1. The van der Waals surface area contributed by atoms with Crippen LogP contribution in [0.15, 0.2) is 114 Å². The Morgan fingerprint density at radius 2 is 1.17 bits per heavy atom. The van der Waals surface area contributed by atoms with E-state index in [1.165, 1.54) is 0 Å². The summed E-state index contributed by atoms with van der Waals surface area (Å²) >= 11 is 0. The molecule has 4 heteroatoms. The molecule has 0 fully saturated rings. The van der Waals surface area contributed by atoms with Crippen LogP contribution < -0.4 is 15.9 Å². The smallest absolute Gasteiger partial charge is 0.171 e. The van der Waals surface area contributed by atoms with E-state index in [1.54, 1.807) is 24.4 Å². The van der Waals surface area contributed by atoms with Gasteiger partial charge in [0.2, 0.25) is 0 Å². The van der Waals surface area contributed by atoms with Crippen molar-refractivity contribution in [2.75, 3.05) is 0 Å². The second-order valence-corrected chi connectivity index (χ2v) is 9.32. The first-order valence-electron chi connectivity index (χ1n) is 9.32. The molecular weight excluding hydrogens is 377 g/mol. The predicted octanol–water partition coefficient (Wildman–Crippen LogP) is 4.78. The zero-order chi connectivity index (χ0) is 20.1. The summed E-state index contributed by atoms with van der Waals surface area (Å²) in [7, 11) is -3.10. The van der Waals surface area contributed by atoms with Gasteiger partial charge in [-0.3, -0.25) is 4.99 Å². The number of phenols is 1. The van der Waals surface area contributed by atoms with E-state index in [4.69, 9.17) is 0 Å². The molecule has 0 aliphatic rings. The lowest BCUT2D eigenvalue weighted by Crippen LogP contribution is -2.27. The van der Waals surface area contributed by atoms with Crippen LogP contribution in [0.3, 0.4) is 0 Å². The van der Waals surface area contributed by atoms with Gasteiger partial charge in [0.15, 0.2) is 7.14 Å². The van der Waals surface area contributed by atoms with E-state index in [0.29, 0.717) is 5.69 Å². The molecule has 0 saturated heterocycles. The first kappa shape index (κ1) is 18.9. The third kappa shape index (κ3) is 3.78. The van der Waals surface area contributed by atoms with Gasteiger partial charge < -0.3 is 9.67 Å². The van der Waals surface area contributed by atoms with Gasteiger partial charge in [-0.05, 0) is 12.1 Å². The van der Waals surface area contributed by atoms with E-state index >= 15 is 0 Å². The number of para-hydroxylation sites is 2. The summed E-state index contributed by atoms with van der Waals surface area (Å²) in [5, 5.41) is 12.3. The van der Waals surface area contributed by atoms with Crippen LogP contribution in [0, 0.1) is 0 Å². The number of aromatic hydroxyl groups is 1. The molecule has 0 unspecified atom stereocenters. The number of benzene rings is 4. The molecule has 0 radical (unpaired) electrons. The second-order valence-electron chi connectivity index (χ2n) is 6.59. The molecule has 0 spiro atoms. The topological polar surface area (TPSA) is 49.7 Å².